The lowest BCUT2D eigenvalue weighted by molar-refractivity contribution is -0.137. The predicted octanol–water partition coefficient (Wildman–Crippen LogP) is 2.29. The number of ether oxygens (including phenoxy) is 1. The summed E-state index contributed by atoms with van der Waals surface area (Å²) in [6, 6.07) is 6.18. The Bertz CT molecular complexity index is 1050. The van der Waals surface area contributed by atoms with Gasteiger partial charge in [0.2, 0.25) is 21.8 Å². The van der Waals surface area contributed by atoms with Gasteiger partial charge in [-0.15, -0.1) is 11.3 Å². The number of sulfonamides is 1. The van der Waals surface area contributed by atoms with Crippen LogP contribution in [0.5, 0.6) is 5.75 Å². The van der Waals surface area contributed by atoms with Gasteiger partial charge in [-0.25, -0.2) is 8.42 Å². The second-order valence-corrected chi connectivity index (χ2v) is 10.5. The number of amides is 2. The van der Waals surface area contributed by atoms with Crippen LogP contribution in [0, 0.1) is 0 Å². The van der Waals surface area contributed by atoms with E-state index < -0.39 is 28.0 Å². The van der Waals surface area contributed by atoms with Gasteiger partial charge >= 0.3 is 0 Å². The number of carbonyl (C=O) groups excluding carboxylic acids is 2. The highest BCUT2D eigenvalue weighted by molar-refractivity contribution is 7.89. The fourth-order valence-electron chi connectivity index (χ4n) is 3.61. The van der Waals surface area contributed by atoms with E-state index in [0.29, 0.717) is 31.7 Å². The van der Waals surface area contributed by atoms with Crippen LogP contribution in [0.2, 0.25) is 0 Å². The van der Waals surface area contributed by atoms with Crippen molar-refractivity contribution in [3.63, 3.8) is 0 Å². The number of benzene rings is 1. The lowest BCUT2D eigenvalue weighted by Crippen LogP contribution is -2.54. The number of hydrogen-bond donors (Lipinski definition) is 2. The maximum absolute atomic E-state index is 13.1. The van der Waals surface area contributed by atoms with Gasteiger partial charge in [0.1, 0.15) is 11.8 Å². The summed E-state index contributed by atoms with van der Waals surface area (Å²) in [5.74, 6) is -0.146. The van der Waals surface area contributed by atoms with Crippen molar-refractivity contribution in [1.82, 2.24) is 14.9 Å². The van der Waals surface area contributed by atoms with Crippen LogP contribution < -0.4 is 14.8 Å². The number of nitrogens with zero attached hydrogens (tertiary/aromatic N) is 1. The first-order valence-electron chi connectivity index (χ1n) is 10.6. The molecule has 10 heteroatoms. The van der Waals surface area contributed by atoms with Gasteiger partial charge < -0.3 is 15.0 Å². The number of fused-ring (bicyclic) bond motifs is 1. The van der Waals surface area contributed by atoms with Gasteiger partial charge in [-0.1, -0.05) is 13.3 Å². The highest BCUT2D eigenvalue weighted by atomic mass is 32.2. The van der Waals surface area contributed by atoms with Gasteiger partial charge in [0.25, 0.3) is 0 Å². The third-order valence-corrected chi connectivity index (χ3v) is 7.99. The number of methoxy groups -OCH3 is 1. The predicted molar refractivity (Wildman–Crippen MR) is 123 cm³/mol. The Kier molecular flexibility index (Phi) is 7.91. The molecule has 2 atom stereocenters. The Morgan fingerprint density at radius 1 is 1.22 bits per heavy atom. The van der Waals surface area contributed by atoms with Crippen molar-refractivity contribution >= 4 is 33.2 Å². The van der Waals surface area contributed by atoms with Crippen LogP contribution in [0.3, 0.4) is 0 Å². The molecule has 2 heterocycles. The van der Waals surface area contributed by atoms with E-state index >= 15 is 0 Å². The van der Waals surface area contributed by atoms with E-state index in [9.17, 15) is 18.0 Å². The third kappa shape index (κ3) is 5.67. The minimum absolute atomic E-state index is 0.0269. The highest BCUT2D eigenvalue weighted by Crippen LogP contribution is 2.24. The standard InChI is InChI=1S/C22H29N3O5S2/c1-4-5-19(22(27)25-12-10-20-16(14-25)11-13-31-20)23-21(26)15(2)24-32(28,29)18-8-6-17(30-3)7-9-18/h6-9,11,13,15,19,24H,4-5,10,12,14H2,1-3H3,(H,23,26)/t15-,19?/m0/s1. The number of thiophene rings is 1. The number of rotatable bonds is 9. The van der Waals surface area contributed by atoms with Crippen molar-refractivity contribution in [1.29, 1.82) is 0 Å². The Morgan fingerprint density at radius 2 is 1.94 bits per heavy atom. The SMILES string of the molecule is CCCC(NC(=O)[C@H](C)NS(=O)(=O)c1ccc(OC)cc1)C(=O)N1CCc2sccc2C1. The molecule has 2 amide bonds. The van der Waals surface area contributed by atoms with E-state index in [4.69, 9.17) is 4.74 Å². The molecule has 3 rings (SSSR count). The van der Waals surface area contributed by atoms with Crippen LogP contribution in [0.25, 0.3) is 0 Å². The zero-order valence-electron chi connectivity index (χ0n) is 18.5. The summed E-state index contributed by atoms with van der Waals surface area (Å²) < 4.78 is 32.7. The zero-order valence-corrected chi connectivity index (χ0v) is 20.1. The van der Waals surface area contributed by atoms with Gasteiger partial charge in [-0.2, -0.15) is 4.72 Å². The molecule has 2 N–H and O–H groups in total. The Labute approximate surface area is 193 Å². The van der Waals surface area contributed by atoms with Crippen molar-refractivity contribution in [3.05, 3.63) is 46.2 Å². The van der Waals surface area contributed by atoms with E-state index in [1.165, 1.54) is 43.2 Å². The molecule has 8 nitrogen and oxygen atoms in total. The van der Waals surface area contributed by atoms with Crippen LogP contribution in [-0.4, -0.2) is 50.9 Å². The lowest BCUT2D eigenvalue weighted by atomic mass is 10.1. The van der Waals surface area contributed by atoms with E-state index in [2.05, 4.69) is 10.0 Å². The highest BCUT2D eigenvalue weighted by Gasteiger charge is 2.30. The molecule has 32 heavy (non-hydrogen) atoms. The maximum atomic E-state index is 13.1. The normalized spacial score (nSPS) is 15.5. The van der Waals surface area contributed by atoms with Crippen molar-refractivity contribution in [3.8, 4) is 5.75 Å². The zero-order chi connectivity index (χ0) is 23.3. The Balaban J connectivity index is 1.63. The summed E-state index contributed by atoms with van der Waals surface area (Å²) in [6.07, 6.45) is 2.00. The first-order valence-corrected chi connectivity index (χ1v) is 12.9. The molecule has 0 saturated heterocycles. The first kappa shape index (κ1) is 24.2. The van der Waals surface area contributed by atoms with E-state index in [1.54, 1.807) is 16.2 Å². The summed E-state index contributed by atoms with van der Waals surface area (Å²) in [5, 5.41) is 4.78. The molecule has 1 aromatic carbocycles. The molecule has 1 aliphatic heterocycles. The van der Waals surface area contributed by atoms with Crippen LogP contribution in [0.1, 0.15) is 37.1 Å². The van der Waals surface area contributed by atoms with Crippen LogP contribution in [0.4, 0.5) is 0 Å². The molecule has 0 saturated carbocycles. The third-order valence-electron chi connectivity index (χ3n) is 5.41. The van der Waals surface area contributed by atoms with E-state index in [1.807, 2.05) is 18.4 Å². The van der Waals surface area contributed by atoms with Crippen molar-refractivity contribution in [2.45, 2.75) is 56.6 Å². The van der Waals surface area contributed by atoms with Gasteiger partial charge in [0, 0.05) is 18.0 Å². The van der Waals surface area contributed by atoms with Gasteiger partial charge in [0.05, 0.1) is 18.0 Å². The molecule has 2 aromatic rings. The van der Waals surface area contributed by atoms with E-state index in [-0.39, 0.29) is 10.8 Å². The monoisotopic (exact) mass is 479 g/mol. The van der Waals surface area contributed by atoms with Crippen LogP contribution in [-0.2, 0) is 32.6 Å². The fourth-order valence-corrected chi connectivity index (χ4v) is 5.70. The molecule has 1 unspecified atom stereocenters. The Morgan fingerprint density at radius 3 is 2.59 bits per heavy atom. The minimum Gasteiger partial charge on any atom is -0.497 e. The molecule has 0 aliphatic carbocycles. The summed E-state index contributed by atoms with van der Waals surface area (Å²) >= 11 is 1.70. The van der Waals surface area contributed by atoms with Gasteiger partial charge in [-0.3, -0.25) is 9.59 Å². The van der Waals surface area contributed by atoms with Crippen LogP contribution >= 0.6 is 11.3 Å². The van der Waals surface area contributed by atoms with E-state index in [0.717, 1.165) is 12.0 Å². The molecule has 174 valence electrons. The van der Waals surface area contributed by atoms with Gasteiger partial charge in [-0.05, 0) is 61.0 Å². The van der Waals surface area contributed by atoms with Crippen molar-refractivity contribution in [2.75, 3.05) is 13.7 Å². The molecular formula is C22H29N3O5S2. The van der Waals surface area contributed by atoms with Crippen molar-refractivity contribution < 1.29 is 22.7 Å². The molecule has 0 radical (unpaired) electrons. The molecule has 0 bridgehead atoms. The number of nitrogens with one attached hydrogen (secondary N) is 2. The summed E-state index contributed by atoms with van der Waals surface area (Å²) in [7, 11) is -2.41. The molecule has 1 aromatic heterocycles. The summed E-state index contributed by atoms with van der Waals surface area (Å²) in [4.78, 5) is 29.0. The lowest BCUT2D eigenvalue weighted by Gasteiger charge is -2.31. The molecule has 0 fully saturated rings. The summed E-state index contributed by atoms with van der Waals surface area (Å²) in [6.45, 7) is 4.55. The number of hydrogen-bond acceptors (Lipinski definition) is 6. The van der Waals surface area contributed by atoms with Gasteiger partial charge in [0.15, 0.2) is 0 Å². The molecule has 0 spiro atoms. The van der Waals surface area contributed by atoms with Crippen molar-refractivity contribution in [2.24, 2.45) is 0 Å². The largest absolute Gasteiger partial charge is 0.497 e. The average molecular weight is 480 g/mol. The smallest absolute Gasteiger partial charge is 0.245 e. The molecular weight excluding hydrogens is 450 g/mol. The Hall–Kier alpha value is -2.43. The fraction of sp³-hybridized carbons (Fsp3) is 0.455. The first-order chi connectivity index (χ1) is 15.2. The quantitative estimate of drug-likeness (QED) is 0.574. The molecule has 1 aliphatic rings. The van der Waals surface area contributed by atoms with Crippen LogP contribution in [0.15, 0.2) is 40.6 Å². The second-order valence-electron chi connectivity index (χ2n) is 7.75. The summed E-state index contributed by atoms with van der Waals surface area (Å²) in [5.41, 5.74) is 1.15. The number of carbonyl (C=O) groups is 2. The average Bonchev–Trinajstić information content (AvgIpc) is 3.26. The minimum atomic E-state index is -3.91. The maximum Gasteiger partial charge on any atom is 0.245 e. The topological polar surface area (TPSA) is 105 Å². The second kappa shape index (κ2) is 10.5.